The number of nitrogens with zero attached hydrogens (tertiary/aromatic N) is 1. The lowest BCUT2D eigenvalue weighted by molar-refractivity contribution is -0.116. The molecule has 2 amide bonds. The first-order chi connectivity index (χ1) is 7.51. The predicted octanol–water partition coefficient (Wildman–Crippen LogP) is 1.16. The van der Waals surface area contributed by atoms with E-state index in [4.69, 9.17) is 4.74 Å². The van der Waals surface area contributed by atoms with Crippen molar-refractivity contribution >= 4 is 12.0 Å². The van der Waals surface area contributed by atoms with Crippen molar-refractivity contribution in [2.24, 2.45) is 0 Å². The van der Waals surface area contributed by atoms with E-state index in [1.807, 2.05) is 13.8 Å². The largest absolute Gasteiger partial charge is 0.448 e. The number of nitrogens with one attached hydrogen (secondary N) is 1. The van der Waals surface area contributed by atoms with Crippen LogP contribution in [0.2, 0.25) is 0 Å². The van der Waals surface area contributed by atoms with Gasteiger partial charge in [0, 0.05) is 12.1 Å². The van der Waals surface area contributed by atoms with Gasteiger partial charge in [0.15, 0.2) is 0 Å². The summed E-state index contributed by atoms with van der Waals surface area (Å²) in [6.45, 7) is 11.8. The van der Waals surface area contributed by atoms with E-state index in [-0.39, 0.29) is 12.2 Å². The molecule has 0 spiro atoms. The third-order valence-electron chi connectivity index (χ3n) is 2.14. The molecule has 0 aromatic carbocycles. The number of carbonyl (C=O) groups excluding carboxylic acids is 2. The van der Waals surface area contributed by atoms with Gasteiger partial charge in [-0.2, -0.15) is 0 Å². The molecule has 0 aliphatic carbocycles. The Bertz CT molecular complexity index is 260. The van der Waals surface area contributed by atoms with Crippen molar-refractivity contribution in [1.82, 2.24) is 10.2 Å². The Morgan fingerprint density at radius 1 is 1.31 bits per heavy atom. The van der Waals surface area contributed by atoms with Crippen LogP contribution in [0.5, 0.6) is 0 Å². The fraction of sp³-hybridized carbons (Fsp3) is 0.636. The summed E-state index contributed by atoms with van der Waals surface area (Å²) in [6, 6.07) is 0. The first-order valence-corrected chi connectivity index (χ1v) is 5.37. The van der Waals surface area contributed by atoms with E-state index in [1.165, 1.54) is 6.92 Å². The first kappa shape index (κ1) is 14.6. The summed E-state index contributed by atoms with van der Waals surface area (Å²) in [4.78, 5) is 24.3. The van der Waals surface area contributed by atoms with Gasteiger partial charge in [-0.25, -0.2) is 4.79 Å². The van der Waals surface area contributed by atoms with Gasteiger partial charge in [-0.05, 0) is 20.0 Å². The average molecular weight is 228 g/mol. The predicted molar refractivity (Wildman–Crippen MR) is 62.1 cm³/mol. The van der Waals surface area contributed by atoms with Crippen LogP contribution >= 0.6 is 0 Å². The molecule has 0 unspecified atom stereocenters. The number of likely N-dealkylation sites (N-methyl/N-ethyl adjacent to an activating group) is 1. The minimum Gasteiger partial charge on any atom is -0.448 e. The van der Waals surface area contributed by atoms with Crippen LogP contribution in [-0.4, -0.2) is 43.1 Å². The highest BCUT2D eigenvalue weighted by molar-refractivity contribution is 6.01. The first-order valence-electron chi connectivity index (χ1n) is 5.37. The molecular formula is C11H20N2O3. The smallest absolute Gasteiger partial charge is 0.414 e. The normalized spacial score (nSPS) is 10.0. The van der Waals surface area contributed by atoms with Crippen LogP contribution < -0.4 is 5.32 Å². The molecule has 5 heteroatoms. The zero-order valence-corrected chi connectivity index (χ0v) is 10.2. The van der Waals surface area contributed by atoms with Crippen molar-refractivity contribution in [1.29, 1.82) is 0 Å². The Hall–Kier alpha value is -1.36. The summed E-state index contributed by atoms with van der Waals surface area (Å²) >= 11 is 0. The summed E-state index contributed by atoms with van der Waals surface area (Å²) in [6.07, 6.45) is -0.722. The fourth-order valence-electron chi connectivity index (χ4n) is 1.04. The Morgan fingerprint density at radius 2 is 1.88 bits per heavy atom. The highest BCUT2D eigenvalue weighted by atomic mass is 16.5. The van der Waals surface area contributed by atoms with E-state index < -0.39 is 12.0 Å². The maximum absolute atomic E-state index is 11.1. The Labute approximate surface area is 96.4 Å². The van der Waals surface area contributed by atoms with Crippen LogP contribution in [-0.2, 0) is 9.53 Å². The maximum Gasteiger partial charge on any atom is 0.414 e. The lowest BCUT2D eigenvalue weighted by Gasteiger charge is -2.17. The molecule has 0 saturated heterocycles. The number of ether oxygens (including phenoxy) is 1. The highest BCUT2D eigenvalue weighted by Gasteiger charge is 2.09. The van der Waals surface area contributed by atoms with Gasteiger partial charge in [0.25, 0.3) is 5.91 Å². The van der Waals surface area contributed by atoms with Crippen LogP contribution in [0.3, 0.4) is 0 Å². The molecule has 1 N–H and O–H groups in total. The molecule has 0 heterocycles. The Balaban J connectivity index is 3.74. The van der Waals surface area contributed by atoms with Crippen LogP contribution in [0.1, 0.15) is 20.8 Å². The van der Waals surface area contributed by atoms with Gasteiger partial charge in [0.05, 0.1) is 0 Å². The average Bonchev–Trinajstić information content (AvgIpc) is 2.24. The van der Waals surface area contributed by atoms with Crippen molar-refractivity contribution in [2.45, 2.75) is 20.8 Å². The maximum atomic E-state index is 11.1. The molecule has 0 atom stereocenters. The van der Waals surface area contributed by atoms with E-state index in [0.717, 1.165) is 13.1 Å². The van der Waals surface area contributed by atoms with Crippen LogP contribution in [0.4, 0.5) is 4.79 Å². The van der Waals surface area contributed by atoms with Gasteiger partial charge in [-0.1, -0.05) is 20.4 Å². The van der Waals surface area contributed by atoms with E-state index >= 15 is 0 Å². The van der Waals surface area contributed by atoms with Gasteiger partial charge in [-0.3, -0.25) is 10.1 Å². The zero-order chi connectivity index (χ0) is 12.6. The fourth-order valence-corrected chi connectivity index (χ4v) is 1.04. The van der Waals surface area contributed by atoms with Crippen molar-refractivity contribution in [3.05, 3.63) is 12.2 Å². The number of carbonyl (C=O) groups is 2. The number of imide groups is 1. The van der Waals surface area contributed by atoms with E-state index in [0.29, 0.717) is 6.54 Å². The zero-order valence-electron chi connectivity index (χ0n) is 10.2. The van der Waals surface area contributed by atoms with Crippen molar-refractivity contribution in [2.75, 3.05) is 26.2 Å². The molecule has 0 bridgehead atoms. The summed E-state index contributed by atoms with van der Waals surface area (Å²) < 4.78 is 4.84. The number of hydrogen-bond donors (Lipinski definition) is 1. The molecular weight excluding hydrogens is 208 g/mol. The minimum absolute atomic E-state index is 0.275. The monoisotopic (exact) mass is 228 g/mol. The summed E-state index contributed by atoms with van der Waals surface area (Å²) in [5, 5.41) is 2.07. The molecule has 5 nitrogen and oxygen atoms in total. The third-order valence-corrected chi connectivity index (χ3v) is 2.14. The van der Waals surface area contributed by atoms with Gasteiger partial charge in [0.1, 0.15) is 6.61 Å². The number of hydrogen-bond acceptors (Lipinski definition) is 4. The molecule has 0 aromatic heterocycles. The van der Waals surface area contributed by atoms with Crippen molar-refractivity contribution in [3.8, 4) is 0 Å². The van der Waals surface area contributed by atoms with E-state index in [9.17, 15) is 9.59 Å². The summed E-state index contributed by atoms with van der Waals surface area (Å²) in [5.74, 6) is -0.507. The summed E-state index contributed by atoms with van der Waals surface area (Å²) in [5.41, 5.74) is 0.278. The molecule has 0 saturated carbocycles. The molecule has 0 fully saturated rings. The number of alkyl carbamates (subject to hydrolysis) is 1. The van der Waals surface area contributed by atoms with Crippen LogP contribution in [0, 0.1) is 0 Å². The second-order valence-corrected chi connectivity index (χ2v) is 3.40. The lowest BCUT2D eigenvalue weighted by atomic mass is 10.3. The molecule has 92 valence electrons. The van der Waals surface area contributed by atoms with Gasteiger partial charge in [0.2, 0.25) is 0 Å². The van der Waals surface area contributed by atoms with Gasteiger partial charge in [-0.15, -0.1) is 0 Å². The van der Waals surface area contributed by atoms with E-state index in [2.05, 4.69) is 16.8 Å². The Morgan fingerprint density at radius 3 is 2.31 bits per heavy atom. The minimum atomic E-state index is -0.722. The van der Waals surface area contributed by atoms with Gasteiger partial charge < -0.3 is 9.64 Å². The topological polar surface area (TPSA) is 58.6 Å². The molecule has 0 radical (unpaired) electrons. The second kappa shape index (κ2) is 7.87. The quantitative estimate of drug-likeness (QED) is 0.693. The number of rotatable bonds is 6. The van der Waals surface area contributed by atoms with Crippen molar-refractivity contribution in [3.63, 3.8) is 0 Å². The van der Waals surface area contributed by atoms with E-state index in [1.54, 1.807) is 0 Å². The molecule has 0 rings (SSSR count). The molecule has 16 heavy (non-hydrogen) atoms. The lowest BCUT2D eigenvalue weighted by Crippen LogP contribution is -2.34. The van der Waals surface area contributed by atoms with Gasteiger partial charge >= 0.3 is 6.09 Å². The molecule has 0 aromatic rings. The summed E-state index contributed by atoms with van der Waals surface area (Å²) in [7, 11) is 0. The SMILES string of the molecule is C=C(C)C(=O)NC(=O)OCCN(CC)CC. The number of amides is 2. The standard InChI is InChI=1S/C11H20N2O3/c1-5-13(6-2)7-8-16-11(15)12-10(14)9(3)4/h3,5-8H2,1-2,4H3,(H,12,14,15). The highest BCUT2D eigenvalue weighted by Crippen LogP contribution is 1.89. The Kier molecular flexibility index (Phi) is 7.20. The second-order valence-electron chi connectivity index (χ2n) is 3.40. The van der Waals surface area contributed by atoms with Crippen LogP contribution in [0.15, 0.2) is 12.2 Å². The molecule has 0 aliphatic rings. The third kappa shape index (κ3) is 6.19. The van der Waals surface area contributed by atoms with Crippen molar-refractivity contribution < 1.29 is 14.3 Å². The van der Waals surface area contributed by atoms with Crippen LogP contribution in [0.25, 0.3) is 0 Å². The molecule has 0 aliphatic heterocycles.